The molecule has 6 heteroatoms. The molecule has 1 fully saturated rings. The fraction of sp³-hybridized carbons (Fsp3) is 0.857. The van der Waals surface area contributed by atoms with Gasteiger partial charge in [-0.2, -0.15) is 20.5 Å². The molecule has 0 spiro atoms. The highest BCUT2D eigenvalue weighted by Gasteiger charge is 2.37. The zero-order valence-electron chi connectivity index (χ0n) is 6.86. The van der Waals surface area contributed by atoms with E-state index in [-0.39, 0.29) is 6.04 Å². The molecule has 76 valence electrons. The van der Waals surface area contributed by atoms with Crippen LogP contribution in [0.2, 0.25) is 0 Å². The second kappa shape index (κ2) is 4.46. The molecule has 1 heterocycles. The number of halogens is 3. The molecule has 1 amide bonds. The van der Waals surface area contributed by atoms with E-state index in [1.54, 1.807) is 11.8 Å². The first-order chi connectivity index (χ1) is 6.00. The van der Waals surface area contributed by atoms with Crippen molar-refractivity contribution >= 4 is 29.3 Å². The van der Waals surface area contributed by atoms with E-state index in [0.29, 0.717) is 5.75 Å². The summed E-state index contributed by atoms with van der Waals surface area (Å²) in [6, 6.07) is -0.157. The van der Waals surface area contributed by atoms with Crippen LogP contribution in [0.3, 0.4) is 0 Å². The van der Waals surface area contributed by atoms with E-state index < -0.39 is 11.3 Å². The van der Waals surface area contributed by atoms with Crippen LogP contribution in [0.15, 0.2) is 0 Å². The number of amides is 1. The molecule has 0 aromatic carbocycles. The van der Waals surface area contributed by atoms with Gasteiger partial charge in [0.1, 0.15) is 0 Å². The van der Waals surface area contributed by atoms with E-state index in [1.165, 1.54) is 0 Å². The predicted molar refractivity (Wildman–Crippen MR) is 49.3 cm³/mol. The van der Waals surface area contributed by atoms with Crippen LogP contribution in [-0.4, -0.2) is 28.8 Å². The third-order valence-electron chi connectivity index (χ3n) is 1.75. The monoisotopic (exact) mass is 229 g/mol. The highest BCUT2D eigenvalue weighted by molar-refractivity contribution is 7.99. The van der Waals surface area contributed by atoms with E-state index >= 15 is 0 Å². The van der Waals surface area contributed by atoms with Crippen molar-refractivity contribution in [3.63, 3.8) is 0 Å². The lowest BCUT2D eigenvalue weighted by molar-refractivity contribution is -0.136. The van der Waals surface area contributed by atoms with Crippen LogP contribution in [-0.2, 0) is 4.79 Å². The molecule has 0 bridgehead atoms. The summed E-state index contributed by atoms with van der Waals surface area (Å²) in [5.41, 5.74) is 0. The maximum Gasteiger partial charge on any atom is 0.399 e. The molecule has 1 aliphatic heterocycles. The lowest BCUT2D eigenvalue weighted by atomic mass is 10.2. The number of carbonyl (C=O) groups excluding carboxylic acids is 1. The highest BCUT2D eigenvalue weighted by atomic mass is 35.5. The standard InChI is InChI=1S/C7H10ClF2NOS/c8-7(9,10)6(12)11-5-2-1-3-13-4-5/h5H,1-4H2,(H,11,12). The van der Waals surface area contributed by atoms with Crippen molar-refractivity contribution in [3.05, 3.63) is 0 Å². The van der Waals surface area contributed by atoms with Crippen molar-refractivity contribution in [1.82, 2.24) is 5.32 Å². The molecule has 1 N–H and O–H groups in total. The first-order valence-corrected chi connectivity index (χ1v) is 5.49. The minimum atomic E-state index is -3.78. The first-order valence-electron chi connectivity index (χ1n) is 3.95. The zero-order valence-corrected chi connectivity index (χ0v) is 8.43. The number of carbonyl (C=O) groups is 1. The molecule has 13 heavy (non-hydrogen) atoms. The Labute approximate surface area is 84.4 Å². The van der Waals surface area contributed by atoms with Gasteiger partial charge in [0.05, 0.1) is 0 Å². The minimum Gasteiger partial charge on any atom is -0.346 e. The van der Waals surface area contributed by atoms with Crippen LogP contribution < -0.4 is 5.32 Å². The fourth-order valence-electron chi connectivity index (χ4n) is 1.12. The number of thioether (sulfide) groups is 1. The molecule has 0 aromatic heterocycles. The van der Waals surface area contributed by atoms with Crippen LogP contribution in [0, 0.1) is 0 Å². The summed E-state index contributed by atoms with van der Waals surface area (Å²) < 4.78 is 24.4. The van der Waals surface area contributed by atoms with Crippen LogP contribution >= 0.6 is 23.4 Å². The van der Waals surface area contributed by atoms with Gasteiger partial charge < -0.3 is 5.32 Å². The molecule has 1 saturated heterocycles. The van der Waals surface area contributed by atoms with E-state index in [9.17, 15) is 13.6 Å². The molecule has 0 aliphatic carbocycles. The fourth-order valence-corrected chi connectivity index (χ4v) is 2.25. The number of hydrogen-bond donors (Lipinski definition) is 1. The lowest BCUT2D eigenvalue weighted by Crippen LogP contribution is -2.44. The van der Waals surface area contributed by atoms with Gasteiger partial charge >= 0.3 is 11.3 Å². The van der Waals surface area contributed by atoms with Crippen LogP contribution in [0.4, 0.5) is 8.78 Å². The summed E-state index contributed by atoms with van der Waals surface area (Å²) in [4.78, 5) is 10.7. The van der Waals surface area contributed by atoms with E-state index in [2.05, 4.69) is 16.9 Å². The van der Waals surface area contributed by atoms with Gasteiger partial charge in [0.15, 0.2) is 0 Å². The average molecular weight is 230 g/mol. The summed E-state index contributed by atoms with van der Waals surface area (Å²) in [5.74, 6) is 0.337. The molecular formula is C7H10ClF2NOS. The molecule has 1 rings (SSSR count). The van der Waals surface area contributed by atoms with Gasteiger partial charge in [0, 0.05) is 11.8 Å². The highest BCUT2D eigenvalue weighted by Crippen LogP contribution is 2.21. The Morgan fingerprint density at radius 1 is 1.62 bits per heavy atom. The van der Waals surface area contributed by atoms with Crippen LogP contribution in [0.1, 0.15) is 12.8 Å². The average Bonchev–Trinajstić information content (AvgIpc) is 2.04. The van der Waals surface area contributed by atoms with Gasteiger partial charge in [-0.3, -0.25) is 4.79 Å². The van der Waals surface area contributed by atoms with Crippen molar-refractivity contribution in [1.29, 1.82) is 0 Å². The largest absolute Gasteiger partial charge is 0.399 e. The Balaban J connectivity index is 2.35. The summed E-state index contributed by atoms with van der Waals surface area (Å²) in [5, 5.41) is -1.56. The minimum absolute atomic E-state index is 0.157. The van der Waals surface area contributed by atoms with Gasteiger partial charge in [-0.25, -0.2) is 0 Å². The third-order valence-corrected chi connectivity index (χ3v) is 3.14. The van der Waals surface area contributed by atoms with Gasteiger partial charge in [-0.05, 0) is 30.2 Å². The number of alkyl halides is 3. The number of nitrogens with one attached hydrogen (secondary N) is 1. The predicted octanol–water partition coefficient (Wildman–Crippen LogP) is 1.83. The van der Waals surface area contributed by atoms with Gasteiger partial charge in [0.25, 0.3) is 0 Å². The molecule has 2 nitrogen and oxygen atoms in total. The molecule has 0 aromatic rings. The Morgan fingerprint density at radius 2 is 2.31 bits per heavy atom. The molecule has 0 saturated carbocycles. The zero-order chi connectivity index (χ0) is 9.90. The quantitative estimate of drug-likeness (QED) is 0.732. The van der Waals surface area contributed by atoms with Gasteiger partial charge in [-0.15, -0.1) is 0 Å². The van der Waals surface area contributed by atoms with Crippen molar-refractivity contribution < 1.29 is 13.6 Å². The molecule has 1 atom stereocenters. The van der Waals surface area contributed by atoms with Crippen LogP contribution in [0.5, 0.6) is 0 Å². The van der Waals surface area contributed by atoms with Crippen molar-refractivity contribution in [2.75, 3.05) is 11.5 Å². The summed E-state index contributed by atoms with van der Waals surface area (Å²) in [6.07, 6.45) is 1.70. The first kappa shape index (κ1) is 11.0. The molecule has 1 aliphatic rings. The lowest BCUT2D eigenvalue weighted by Gasteiger charge is -2.23. The van der Waals surface area contributed by atoms with E-state index in [4.69, 9.17) is 0 Å². The normalized spacial score (nSPS) is 24.1. The van der Waals surface area contributed by atoms with Crippen molar-refractivity contribution in [3.8, 4) is 0 Å². The third kappa shape index (κ3) is 3.68. The second-order valence-corrected chi connectivity index (χ2v) is 4.51. The van der Waals surface area contributed by atoms with Crippen molar-refractivity contribution in [2.45, 2.75) is 24.3 Å². The summed E-state index contributed by atoms with van der Waals surface area (Å²) >= 11 is 6.20. The molecule has 0 radical (unpaired) electrons. The van der Waals surface area contributed by atoms with E-state index in [0.717, 1.165) is 18.6 Å². The number of hydrogen-bond acceptors (Lipinski definition) is 2. The van der Waals surface area contributed by atoms with E-state index in [1.807, 2.05) is 0 Å². The second-order valence-electron chi connectivity index (χ2n) is 2.89. The SMILES string of the molecule is O=C(NC1CCCSC1)C(F)(F)Cl. The Kier molecular flexibility index (Phi) is 3.79. The van der Waals surface area contributed by atoms with Crippen LogP contribution in [0.25, 0.3) is 0 Å². The number of rotatable bonds is 2. The molecular weight excluding hydrogens is 220 g/mol. The summed E-state index contributed by atoms with van der Waals surface area (Å²) in [7, 11) is 0. The maximum absolute atomic E-state index is 12.2. The van der Waals surface area contributed by atoms with Gasteiger partial charge in [-0.1, -0.05) is 0 Å². The Bertz CT molecular complexity index is 191. The summed E-state index contributed by atoms with van der Waals surface area (Å²) in [6.45, 7) is 0. The maximum atomic E-state index is 12.2. The van der Waals surface area contributed by atoms with Crippen molar-refractivity contribution in [2.24, 2.45) is 0 Å². The van der Waals surface area contributed by atoms with Gasteiger partial charge in [0.2, 0.25) is 0 Å². The molecule has 1 unspecified atom stereocenters. The Morgan fingerprint density at radius 3 is 2.77 bits per heavy atom. The topological polar surface area (TPSA) is 29.1 Å². The smallest absolute Gasteiger partial charge is 0.346 e. The Hall–Kier alpha value is -0.0300.